The van der Waals surface area contributed by atoms with Crippen LogP contribution in [-0.2, 0) is 9.53 Å². The van der Waals surface area contributed by atoms with Crippen molar-refractivity contribution in [2.75, 3.05) is 6.61 Å². The van der Waals surface area contributed by atoms with Crippen molar-refractivity contribution >= 4 is 5.97 Å². The minimum atomic E-state index is -1.08. The van der Waals surface area contributed by atoms with Crippen LogP contribution in [0.15, 0.2) is 0 Å². The molecular formula is C8H16O4. The van der Waals surface area contributed by atoms with Gasteiger partial charge in [0.05, 0.1) is 12.7 Å². The van der Waals surface area contributed by atoms with Gasteiger partial charge in [0.1, 0.15) is 6.10 Å². The van der Waals surface area contributed by atoms with Crippen molar-refractivity contribution in [3.05, 3.63) is 0 Å². The minimum absolute atomic E-state index is 0.165. The van der Waals surface area contributed by atoms with Gasteiger partial charge in [-0.15, -0.1) is 0 Å². The number of ether oxygens (including phenoxy) is 1. The Morgan fingerprint density at radius 3 is 2.50 bits per heavy atom. The molecule has 0 radical (unpaired) electrons. The Morgan fingerprint density at radius 1 is 1.50 bits per heavy atom. The highest BCUT2D eigenvalue weighted by Gasteiger charge is 2.10. The lowest BCUT2D eigenvalue weighted by Gasteiger charge is -2.09. The molecular weight excluding hydrogens is 160 g/mol. The Balaban J connectivity index is 3.37. The summed E-state index contributed by atoms with van der Waals surface area (Å²) in [4.78, 5) is 10.7. The van der Waals surface area contributed by atoms with Crippen LogP contribution in [-0.4, -0.2) is 35.0 Å². The average Bonchev–Trinajstić information content (AvgIpc) is 2.03. The molecule has 0 aromatic rings. The number of hydrogen-bond donors (Lipinski definition) is 2. The van der Waals surface area contributed by atoms with Crippen LogP contribution in [0.2, 0.25) is 0 Å². The van der Waals surface area contributed by atoms with Gasteiger partial charge in [-0.3, -0.25) is 0 Å². The second-order valence-electron chi connectivity index (χ2n) is 2.69. The summed E-state index contributed by atoms with van der Waals surface area (Å²) < 4.78 is 4.63. The van der Waals surface area contributed by atoms with Crippen LogP contribution in [0.1, 0.15) is 26.7 Å². The Bertz CT molecular complexity index is 133. The van der Waals surface area contributed by atoms with Crippen molar-refractivity contribution in [1.29, 1.82) is 0 Å². The predicted molar refractivity (Wildman–Crippen MR) is 43.6 cm³/mol. The molecule has 2 unspecified atom stereocenters. The molecule has 72 valence electrons. The van der Waals surface area contributed by atoms with Crippen molar-refractivity contribution in [2.24, 2.45) is 0 Å². The first-order chi connectivity index (χ1) is 5.57. The topological polar surface area (TPSA) is 66.8 Å². The summed E-state index contributed by atoms with van der Waals surface area (Å²) in [6.07, 6.45) is -0.433. The second kappa shape index (κ2) is 5.97. The fourth-order valence-electron chi connectivity index (χ4n) is 0.620. The zero-order valence-electron chi connectivity index (χ0n) is 7.49. The van der Waals surface area contributed by atoms with E-state index >= 15 is 0 Å². The molecule has 0 aliphatic carbocycles. The van der Waals surface area contributed by atoms with E-state index in [9.17, 15) is 4.79 Å². The third-order valence-electron chi connectivity index (χ3n) is 1.51. The van der Waals surface area contributed by atoms with Gasteiger partial charge in [-0.05, 0) is 13.3 Å². The van der Waals surface area contributed by atoms with E-state index in [0.29, 0.717) is 12.8 Å². The molecule has 0 amide bonds. The van der Waals surface area contributed by atoms with Crippen LogP contribution < -0.4 is 0 Å². The number of carbonyl (C=O) groups is 1. The molecule has 0 rings (SSSR count). The minimum Gasteiger partial charge on any atom is -0.464 e. The van der Waals surface area contributed by atoms with E-state index in [4.69, 9.17) is 10.2 Å². The molecule has 0 saturated heterocycles. The molecule has 4 heteroatoms. The molecule has 2 N–H and O–H groups in total. The molecule has 0 spiro atoms. The second-order valence-corrected chi connectivity index (χ2v) is 2.69. The smallest absolute Gasteiger partial charge is 0.334 e. The summed E-state index contributed by atoms with van der Waals surface area (Å²) in [5.74, 6) is -0.640. The van der Waals surface area contributed by atoms with Gasteiger partial charge in [-0.1, -0.05) is 6.92 Å². The van der Waals surface area contributed by atoms with E-state index in [-0.39, 0.29) is 6.61 Å². The first-order valence-corrected chi connectivity index (χ1v) is 4.10. The Kier molecular flexibility index (Phi) is 5.66. The SMILES string of the molecule is CCC(O)CCOC(=O)C(C)O. The van der Waals surface area contributed by atoms with Gasteiger partial charge < -0.3 is 14.9 Å². The zero-order valence-corrected chi connectivity index (χ0v) is 7.49. The van der Waals surface area contributed by atoms with Gasteiger partial charge in [0.2, 0.25) is 0 Å². The number of hydrogen-bond acceptors (Lipinski definition) is 4. The number of aliphatic hydroxyl groups excluding tert-OH is 2. The largest absolute Gasteiger partial charge is 0.464 e. The summed E-state index contributed by atoms with van der Waals surface area (Å²) in [5, 5.41) is 17.8. The third kappa shape index (κ3) is 5.09. The van der Waals surface area contributed by atoms with Crippen molar-refractivity contribution in [1.82, 2.24) is 0 Å². The molecule has 2 atom stereocenters. The van der Waals surface area contributed by atoms with Crippen LogP contribution in [0.3, 0.4) is 0 Å². The summed E-state index contributed by atoms with van der Waals surface area (Å²) in [5.41, 5.74) is 0. The summed E-state index contributed by atoms with van der Waals surface area (Å²) in [6.45, 7) is 3.36. The predicted octanol–water partition coefficient (Wildman–Crippen LogP) is 0.0714. The van der Waals surface area contributed by atoms with Crippen molar-refractivity contribution in [2.45, 2.75) is 38.9 Å². The van der Waals surface area contributed by atoms with Crippen LogP contribution in [0.5, 0.6) is 0 Å². The Labute approximate surface area is 72.2 Å². The van der Waals surface area contributed by atoms with Crippen LogP contribution >= 0.6 is 0 Å². The van der Waals surface area contributed by atoms with Gasteiger partial charge in [-0.2, -0.15) is 0 Å². The van der Waals surface area contributed by atoms with E-state index in [2.05, 4.69) is 4.74 Å². The molecule has 0 aromatic heterocycles. The monoisotopic (exact) mass is 176 g/mol. The van der Waals surface area contributed by atoms with E-state index in [1.807, 2.05) is 6.92 Å². The quantitative estimate of drug-likeness (QED) is 0.582. The van der Waals surface area contributed by atoms with Crippen molar-refractivity contribution < 1.29 is 19.7 Å². The lowest BCUT2D eigenvalue weighted by atomic mass is 10.2. The summed E-state index contributed by atoms with van der Waals surface area (Å²) in [6, 6.07) is 0. The highest BCUT2D eigenvalue weighted by molar-refractivity contribution is 5.73. The zero-order chi connectivity index (χ0) is 9.56. The van der Waals surface area contributed by atoms with Crippen LogP contribution in [0, 0.1) is 0 Å². The molecule has 0 bridgehead atoms. The molecule has 0 fully saturated rings. The normalized spacial score (nSPS) is 15.3. The molecule has 0 aromatic carbocycles. The fraction of sp³-hybridized carbons (Fsp3) is 0.875. The van der Waals surface area contributed by atoms with Gasteiger partial charge in [-0.25, -0.2) is 4.79 Å². The van der Waals surface area contributed by atoms with E-state index in [1.165, 1.54) is 6.92 Å². The first kappa shape index (κ1) is 11.4. The van der Waals surface area contributed by atoms with Gasteiger partial charge in [0.15, 0.2) is 0 Å². The van der Waals surface area contributed by atoms with Gasteiger partial charge in [0.25, 0.3) is 0 Å². The van der Waals surface area contributed by atoms with E-state index in [0.717, 1.165) is 0 Å². The van der Waals surface area contributed by atoms with Crippen LogP contribution in [0.25, 0.3) is 0 Å². The highest BCUT2D eigenvalue weighted by Crippen LogP contribution is 1.97. The molecule has 12 heavy (non-hydrogen) atoms. The Hall–Kier alpha value is -0.610. The van der Waals surface area contributed by atoms with E-state index in [1.54, 1.807) is 0 Å². The fourth-order valence-corrected chi connectivity index (χ4v) is 0.620. The molecule has 0 aliphatic rings. The van der Waals surface area contributed by atoms with Crippen LogP contribution in [0.4, 0.5) is 0 Å². The number of esters is 1. The highest BCUT2D eigenvalue weighted by atomic mass is 16.5. The average molecular weight is 176 g/mol. The number of rotatable bonds is 5. The maximum atomic E-state index is 10.7. The molecule has 0 aliphatic heterocycles. The maximum Gasteiger partial charge on any atom is 0.334 e. The van der Waals surface area contributed by atoms with Gasteiger partial charge >= 0.3 is 5.97 Å². The van der Waals surface area contributed by atoms with Crippen molar-refractivity contribution in [3.8, 4) is 0 Å². The lowest BCUT2D eigenvalue weighted by Crippen LogP contribution is -2.21. The third-order valence-corrected chi connectivity index (χ3v) is 1.51. The lowest BCUT2D eigenvalue weighted by molar-refractivity contribution is -0.153. The maximum absolute atomic E-state index is 10.7. The first-order valence-electron chi connectivity index (χ1n) is 4.10. The molecule has 0 heterocycles. The van der Waals surface area contributed by atoms with Gasteiger partial charge in [0, 0.05) is 6.42 Å². The molecule has 0 saturated carbocycles. The Morgan fingerprint density at radius 2 is 2.08 bits per heavy atom. The molecule has 4 nitrogen and oxygen atoms in total. The standard InChI is InChI=1S/C8H16O4/c1-3-7(10)4-5-12-8(11)6(2)9/h6-7,9-10H,3-5H2,1-2H3. The summed E-state index contributed by atoms with van der Waals surface area (Å²) in [7, 11) is 0. The summed E-state index contributed by atoms with van der Waals surface area (Å²) >= 11 is 0. The van der Waals surface area contributed by atoms with E-state index < -0.39 is 18.2 Å². The number of carbonyl (C=O) groups excluding carboxylic acids is 1. The van der Waals surface area contributed by atoms with Crippen molar-refractivity contribution in [3.63, 3.8) is 0 Å². The number of aliphatic hydroxyl groups is 2.